The third-order valence-electron chi connectivity index (χ3n) is 3.95. The van der Waals surface area contributed by atoms with Gasteiger partial charge in [0.1, 0.15) is 5.76 Å². The molecule has 1 aliphatic rings. The number of aryl methyl sites for hydroxylation is 2. The maximum absolute atomic E-state index is 6.08. The molecule has 1 aromatic carbocycles. The molecule has 19 heavy (non-hydrogen) atoms. The second-order valence-corrected chi connectivity index (χ2v) is 5.25. The molecule has 0 saturated heterocycles. The average Bonchev–Trinajstić information content (AvgIpc) is 2.72. The Morgan fingerprint density at radius 3 is 2.95 bits per heavy atom. The summed E-state index contributed by atoms with van der Waals surface area (Å²) in [7, 11) is 0. The first-order valence-corrected chi connectivity index (χ1v) is 6.65. The van der Waals surface area contributed by atoms with Gasteiger partial charge in [-0.15, -0.1) is 0 Å². The van der Waals surface area contributed by atoms with E-state index in [-0.39, 0.29) is 0 Å². The minimum atomic E-state index is 0.884. The van der Waals surface area contributed by atoms with Crippen molar-refractivity contribution in [3.05, 3.63) is 46.3 Å². The van der Waals surface area contributed by atoms with Crippen molar-refractivity contribution in [1.29, 1.82) is 0 Å². The fraction of sp³-hybridized carbons (Fsp3) is 0.400. The van der Waals surface area contributed by atoms with E-state index in [2.05, 4.69) is 16.1 Å². The number of hydrogen-bond acceptors (Lipinski definition) is 4. The lowest BCUT2D eigenvalue weighted by atomic mass is 9.97. The molecular weight excluding hydrogens is 238 g/mol. The topological polar surface area (TPSA) is 55.3 Å². The molecule has 0 spiro atoms. The number of aromatic nitrogens is 1. The number of nitrogens with zero attached hydrogens (tertiary/aromatic N) is 2. The minimum Gasteiger partial charge on any atom is -0.398 e. The molecular formula is C15H19N3O. The summed E-state index contributed by atoms with van der Waals surface area (Å²) in [6.45, 7) is 6.82. The van der Waals surface area contributed by atoms with E-state index in [0.717, 1.165) is 43.2 Å². The van der Waals surface area contributed by atoms with Crippen LogP contribution in [0.3, 0.4) is 0 Å². The van der Waals surface area contributed by atoms with Crippen LogP contribution in [-0.4, -0.2) is 16.6 Å². The molecule has 0 aliphatic carbocycles. The highest BCUT2D eigenvalue weighted by Gasteiger charge is 2.20. The molecule has 0 saturated carbocycles. The first-order chi connectivity index (χ1) is 9.15. The van der Waals surface area contributed by atoms with Gasteiger partial charge in [0.25, 0.3) is 0 Å². The lowest BCUT2D eigenvalue weighted by Crippen LogP contribution is -2.31. The van der Waals surface area contributed by atoms with Gasteiger partial charge in [-0.2, -0.15) is 0 Å². The van der Waals surface area contributed by atoms with Crippen molar-refractivity contribution in [3.63, 3.8) is 0 Å². The van der Waals surface area contributed by atoms with Crippen molar-refractivity contribution < 1.29 is 4.52 Å². The zero-order chi connectivity index (χ0) is 13.4. The fourth-order valence-corrected chi connectivity index (χ4v) is 2.75. The van der Waals surface area contributed by atoms with Crippen LogP contribution < -0.4 is 5.73 Å². The monoisotopic (exact) mass is 257 g/mol. The smallest absolute Gasteiger partial charge is 0.138 e. The highest BCUT2D eigenvalue weighted by atomic mass is 16.5. The number of nitrogens with two attached hydrogens (primary N) is 1. The van der Waals surface area contributed by atoms with Crippen LogP contribution in [0.4, 0.5) is 5.69 Å². The van der Waals surface area contributed by atoms with E-state index < -0.39 is 0 Å². The Hall–Kier alpha value is -1.81. The predicted molar refractivity (Wildman–Crippen MR) is 74.6 cm³/mol. The summed E-state index contributed by atoms with van der Waals surface area (Å²) >= 11 is 0. The Kier molecular flexibility index (Phi) is 3.03. The molecule has 0 fully saturated rings. The van der Waals surface area contributed by atoms with E-state index in [9.17, 15) is 0 Å². The molecule has 3 rings (SSSR count). The zero-order valence-corrected chi connectivity index (χ0v) is 11.4. The Morgan fingerprint density at radius 1 is 1.37 bits per heavy atom. The Morgan fingerprint density at radius 2 is 2.21 bits per heavy atom. The fourth-order valence-electron chi connectivity index (χ4n) is 2.75. The third kappa shape index (κ3) is 2.24. The van der Waals surface area contributed by atoms with Crippen LogP contribution in [0.25, 0.3) is 0 Å². The number of anilines is 1. The molecule has 100 valence electrons. The van der Waals surface area contributed by atoms with Crippen LogP contribution in [0, 0.1) is 13.8 Å². The zero-order valence-electron chi connectivity index (χ0n) is 11.4. The molecule has 4 nitrogen and oxygen atoms in total. The average molecular weight is 257 g/mol. The van der Waals surface area contributed by atoms with Crippen LogP contribution >= 0.6 is 0 Å². The Labute approximate surface area is 113 Å². The number of benzene rings is 1. The number of hydrogen-bond donors (Lipinski definition) is 1. The Bertz CT molecular complexity index is 584. The molecule has 2 N–H and O–H groups in total. The SMILES string of the molecule is Cc1noc(C)c1CN1CCc2cccc(N)c2C1. The quantitative estimate of drug-likeness (QED) is 0.839. The number of fused-ring (bicyclic) bond motifs is 1. The van der Waals surface area contributed by atoms with Crippen molar-refractivity contribution in [2.75, 3.05) is 12.3 Å². The van der Waals surface area contributed by atoms with E-state index in [4.69, 9.17) is 10.3 Å². The summed E-state index contributed by atoms with van der Waals surface area (Å²) < 4.78 is 5.23. The lowest BCUT2D eigenvalue weighted by Gasteiger charge is -2.29. The van der Waals surface area contributed by atoms with Gasteiger partial charge in [0.05, 0.1) is 5.69 Å². The normalized spacial score (nSPS) is 15.5. The van der Waals surface area contributed by atoms with Gasteiger partial charge in [-0.05, 0) is 37.5 Å². The molecule has 4 heteroatoms. The third-order valence-corrected chi connectivity index (χ3v) is 3.95. The van der Waals surface area contributed by atoms with Gasteiger partial charge < -0.3 is 10.3 Å². The maximum atomic E-state index is 6.08. The molecule has 0 radical (unpaired) electrons. The predicted octanol–water partition coefficient (Wildman–Crippen LogP) is 2.43. The van der Waals surface area contributed by atoms with Crippen LogP contribution in [0.1, 0.15) is 28.1 Å². The van der Waals surface area contributed by atoms with Crippen LogP contribution in [0.2, 0.25) is 0 Å². The summed E-state index contributed by atoms with van der Waals surface area (Å²) in [6.07, 6.45) is 1.06. The van der Waals surface area contributed by atoms with Crippen molar-refractivity contribution in [2.45, 2.75) is 33.4 Å². The second-order valence-electron chi connectivity index (χ2n) is 5.25. The first-order valence-electron chi connectivity index (χ1n) is 6.65. The molecule has 0 unspecified atom stereocenters. The van der Waals surface area contributed by atoms with Gasteiger partial charge in [0.15, 0.2) is 0 Å². The highest BCUT2D eigenvalue weighted by molar-refractivity contribution is 5.51. The summed E-state index contributed by atoms with van der Waals surface area (Å²) in [6, 6.07) is 6.20. The second kappa shape index (κ2) is 4.70. The minimum absolute atomic E-state index is 0.884. The van der Waals surface area contributed by atoms with Crippen LogP contribution in [0.5, 0.6) is 0 Å². The van der Waals surface area contributed by atoms with Crippen molar-refractivity contribution in [1.82, 2.24) is 10.1 Å². The molecule has 0 bridgehead atoms. The highest BCUT2D eigenvalue weighted by Crippen LogP contribution is 2.26. The maximum Gasteiger partial charge on any atom is 0.138 e. The van der Waals surface area contributed by atoms with Crippen molar-refractivity contribution in [3.8, 4) is 0 Å². The van der Waals surface area contributed by atoms with E-state index >= 15 is 0 Å². The van der Waals surface area contributed by atoms with Gasteiger partial charge in [0, 0.05) is 30.9 Å². The molecule has 1 aliphatic heterocycles. The molecule has 1 aromatic heterocycles. The first kappa shape index (κ1) is 12.2. The number of nitrogen functional groups attached to an aromatic ring is 1. The van der Waals surface area contributed by atoms with E-state index in [1.165, 1.54) is 16.7 Å². The van der Waals surface area contributed by atoms with Gasteiger partial charge in [-0.25, -0.2) is 0 Å². The van der Waals surface area contributed by atoms with E-state index in [1.807, 2.05) is 26.0 Å². The molecule has 2 heterocycles. The molecule has 0 atom stereocenters. The van der Waals surface area contributed by atoms with Gasteiger partial charge in [-0.1, -0.05) is 17.3 Å². The van der Waals surface area contributed by atoms with Crippen LogP contribution in [0.15, 0.2) is 22.7 Å². The van der Waals surface area contributed by atoms with Crippen LogP contribution in [-0.2, 0) is 19.5 Å². The molecule has 0 amide bonds. The summed E-state index contributed by atoms with van der Waals surface area (Å²) in [5.74, 6) is 0.921. The summed E-state index contributed by atoms with van der Waals surface area (Å²) in [5.41, 5.74) is 11.8. The standard InChI is InChI=1S/C15H19N3O/c1-10-13(11(2)19-17-10)8-18-7-6-12-4-3-5-15(16)14(12)9-18/h3-5H,6-9,16H2,1-2H3. The van der Waals surface area contributed by atoms with Crippen molar-refractivity contribution in [2.24, 2.45) is 0 Å². The van der Waals surface area contributed by atoms with Gasteiger partial charge in [-0.3, -0.25) is 4.90 Å². The molecule has 2 aromatic rings. The van der Waals surface area contributed by atoms with Gasteiger partial charge in [0.2, 0.25) is 0 Å². The largest absolute Gasteiger partial charge is 0.398 e. The van der Waals surface area contributed by atoms with E-state index in [1.54, 1.807) is 0 Å². The van der Waals surface area contributed by atoms with E-state index in [0.29, 0.717) is 0 Å². The summed E-state index contributed by atoms with van der Waals surface area (Å²) in [5, 5.41) is 4.02. The summed E-state index contributed by atoms with van der Waals surface area (Å²) in [4.78, 5) is 2.41. The Balaban J connectivity index is 1.81. The lowest BCUT2D eigenvalue weighted by molar-refractivity contribution is 0.244. The van der Waals surface area contributed by atoms with Gasteiger partial charge >= 0.3 is 0 Å². The number of rotatable bonds is 2. The van der Waals surface area contributed by atoms with Crippen molar-refractivity contribution >= 4 is 5.69 Å².